The largest absolute Gasteiger partial charge is 0.497 e. The fourth-order valence-corrected chi connectivity index (χ4v) is 2.96. The highest BCUT2D eigenvalue weighted by Crippen LogP contribution is 2.42. The minimum atomic E-state index is -0.221. The van der Waals surface area contributed by atoms with Crippen LogP contribution in [0.3, 0.4) is 0 Å². The SMILES string of the molecule is COc1ccc(-c2nn(C)c(=O)cc2-c2cc(OC)c(OC)c(OC)c2)cc1. The molecule has 7 heteroatoms. The maximum atomic E-state index is 12.3. The highest BCUT2D eigenvalue weighted by Gasteiger charge is 2.18. The number of hydrogen-bond donors (Lipinski definition) is 0. The minimum Gasteiger partial charge on any atom is -0.497 e. The van der Waals surface area contributed by atoms with Crippen molar-refractivity contribution in [3.8, 4) is 45.4 Å². The number of nitrogens with zero attached hydrogens (tertiary/aromatic N) is 2. The van der Waals surface area contributed by atoms with Crippen LogP contribution in [0.4, 0.5) is 0 Å². The zero-order chi connectivity index (χ0) is 20.3. The van der Waals surface area contributed by atoms with Crippen LogP contribution in [0, 0.1) is 0 Å². The molecule has 2 aromatic carbocycles. The molecule has 0 atom stereocenters. The number of methoxy groups -OCH3 is 4. The van der Waals surface area contributed by atoms with Crippen molar-refractivity contribution < 1.29 is 18.9 Å². The molecule has 0 spiro atoms. The van der Waals surface area contributed by atoms with Gasteiger partial charge in [0.2, 0.25) is 5.75 Å². The van der Waals surface area contributed by atoms with Gasteiger partial charge in [-0.3, -0.25) is 4.79 Å². The van der Waals surface area contributed by atoms with Gasteiger partial charge >= 0.3 is 0 Å². The predicted molar refractivity (Wildman–Crippen MR) is 107 cm³/mol. The molecule has 0 saturated carbocycles. The van der Waals surface area contributed by atoms with Crippen LogP contribution < -0.4 is 24.5 Å². The van der Waals surface area contributed by atoms with Gasteiger partial charge < -0.3 is 18.9 Å². The van der Waals surface area contributed by atoms with E-state index < -0.39 is 0 Å². The Morgan fingerprint density at radius 1 is 0.786 bits per heavy atom. The first kappa shape index (κ1) is 19.3. The van der Waals surface area contributed by atoms with Gasteiger partial charge in [-0.25, -0.2) is 4.68 Å². The molecule has 0 aliphatic carbocycles. The predicted octanol–water partition coefficient (Wildman–Crippen LogP) is 3.15. The van der Waals surface area contributed by atoms with Crippen LogP contribution in [0.2, 0.25) is 0 Å². The standard InChI is InChI=1S/C21H22N2O5/c1-23-19(24)12-16(20(22-23)13-6-8-15(25-2)9-7-13)14-10-17(26-3)21(28-5)18(11-14)27-4/h6-12H,1-5H3. The monoisotopic (exact) mass is 382 g/mol. The van der Waals surface area contributed by atoms with Crippen molar-refractivity contribution in [2.75, 3.05) is 28.4 Å². The van der Waals surface area contributed by atoms with Gasteiger partial charge in [-0.2, -0.15) is 5.10 Å². The van der Waals surface area contributed by atoms with Gasteiger partial charge in [-0.1, -0.05) is 0 Å². The Hall–Kier alpha value is -3.48. The Balaban J connectivity index is 2.26. The molecule has 0 fully saturated rings. The molecule has 0 unspecified atom stereocenters. The highest BCUT2D eigenvalue weighted by atomic mass is 16.5. The first-order chi connectivity index (χ1) is 13.5. The van der Waals surface area contributed by atoms with E-state index >= 15 is 0 Å². The second kappa shape index (κ2) is 8.04. The van der Waals surface area contributed by atoms with Crippen molar-refractivity contribution in [2.24, 2.45) is 7.05 Å². The Bertz CT molecular complexity index is 1020. The van der Waals surface area contributed by atoms with E-state index in [1.165, 1.54) is 4.68 Å². The molecule has 0 saturated heterocycles. The van der Waals surface area contributed by atoms with E-state index in [1.54, 1.807) is 53.7 Å². The van der Waals surface area contributed by atoms with Crippen molar-refractivity contribution in [1.29, 1.82) is 0 Å². The molecule has 0 bridgehead atoms. The van der Waals surface area contributed by atoms with E-state index in [9.17, 15) is 4.79 Å². The molecular weight excluding hydrogens is 360 g/mol. The van der Waals surface area contributed by atoms with Crippen molar-refractivity contribution in [2.45, 2.75) is 0 Å². The van der Waals surface area contributed by atoms with Crippen molar-refractivity contribution in [3.05, 3.63) is 52.8 Å². The average molecular weight is 382 g/mol. The van der Waals surface area contributed by atoms with Crippen LogP contribution in [0.1, 0.15) is 0 Å². The van der Waals surface area contributed by atoms with Crippen LogP contribution in [0.15, 0.2) is 47.3 Å². The summed E-state index contributed by atoms with van der Waals surface area (Å²) >= 11 is 0. The first-order valence-electron chi connectivity index (χ1n) is 8.55. The molecule has 0 aliphatic rings. The van der Waals surface area contributed by atoms with Gasteiger partial charge in [0.1, 0.15) is 5.75 Å². The number of ether oxygens (including phenoxy) is 4. The maximum absolute atomic E-state index is 12.3. The Morgan fingerprint density at radius 3 is 1.89 bits per heavy atom. The summed E-state index contributed by atoms with van der Waals surface area (Å²) < 4.78 is 22.8. The fraction of sp³-hybridized carbons (Fsp3) is 0.238. The molecule has 0 aliphatic heterocycles. The summed E-state index contributed by atoms with van der Waals surface area (Å²) in [5, 5.41) is 4.48. The van der Waals surface area contributed by atoms with E-state index in [0.717, 1.165) is 16.9 Å². The Kier molecular flexibility index (Phi) is 5.54. The zero-order valence-electron chi connectivity index (χ0n) is 16.5. The lowest BCUT2D eigenvalue weighted by Gasteiger charge is -2.16. The summed E-state index contributed by atoms with van der Waals surface area (Å²) in [7, 11) is 7.87. The normalized spacial score (nSPS) is 10.5. The molecular formula is C21H22N2O5. The smallest absolute Gasteiger partial charge is 0.267 e. The zero-order valence-corrected chi connectivity index (χ0v) is 16.5. The minimum absolute atomic E-state index is 0.221. The third-order valence-corrected chi connectivity index (χ3v) is 4.43. The lowest BCUT2D eigenvalue weighted by molar-refractivity contribution is 0.324. The molecule has 0 N–H and O–H groups in total. The number of aryl methyl sites for hydroxylation is 1. The van der Waals surface area contributed by atoms with Crippen LogP contribution in [-0.2, 0) is 7.05 Å². The molecule has 0 amide bonds. The molecule has 1 heterocycles. The summed E-state index contributed by atoms with van der Waals surface area (Å²) in [5.41, 5.74) is 2.67. The summed E-state index contributed by atoms with van der Waals surface area (Å²) in [4.78, 5) is 12.3. The third-order valence-electron chi connectivity index (χ3n) is 4.43. The second-order valence-electron chi connectivity index (χ2n) is 6.01. The van der Waals surface area contributed by atoms with Gasteiger partial charge in [0, 0.05) is 24.2 Å². The van der Waals surface area contributed by atoms with Crippen LogP contribution in [0.5, 0.6) is 23.0 Å². The molecule has 3 rings (SSSR count). The molecule has 7 nitrogen and oxygen atoms in total. The summed E-state index contributed by atoms with van der Waals surface area (Å²) in [6, 6.07) is 12.6. The fourth-order valence-electron chi connectivity index (χ4n) is 2.96. The number of hydrogen-bond acceptors (Lipinski definition) is 6. The first-order valence-corrected chi connectivity index (χ1v) is 8.55. The van der Waals surface area contributed by atoms with Crippen molar-refractivity contribution in [1.82, 2.24) is 9.78 Å². The van der Waals surface area contributed by atoms with Crippen LogP contribution >= 0.6 is 0 Å². The Labute approximate surface area is 163 Å². The van der Waals surface area contributed by atoms with Crippen molar-refractivity contribution in [3.63, 3.8) is 0 Å². The Morgan fingerprint density at radius 2 is 1.39 bits per heavy atom. The quantitative estimate of drug-likeness (QED) is 0.652. The molecule has 1 aromatic heterocycles. The van der Waals surface area contributed by atoms with Crippen LogP contribution in [0.25, 0.3) is 22.4 Å². The van der Waals surface area contributed by atoms with Crippen molar-refractivity contribution >= 4 is 0 Å². The summed E-state index contributed by atoms with van der Waals surface area (Å²) in [5.74, 6) is 2.22. The van der Waals surface area contributed by atoms with E-state index in [-0.39, 0.29) is 5.56 Å². The van der Waals surface area contributed by atoms with Gasteiger partial charge in [0.05, 0.1) is 34.1 Å². The summed E-state index contributed by atoms with van der Waals surface area (Å²) in [6.45, 7) is 0. The van der Waals surface area contributed by atoms with E-state index in [0.29, 0.717) is 28.5 Å². The van der Waals surface area contributed by atoms with E-state index in [1.807, 2.05) is 24.3 Å². The average Bonchev–Trinajstić information content (AvgIpc) is 2.74. The lowest BCUT2D eigenvalue weighted by Crippen LogP contribution is -2.19. The van der Waals surface area contributed by atoms with Gasteiger partial charge in [-0.05, 0) is 42.0 Å². The lowest BCUT2D eigenvalue weighted by atomic mass is 9.99. The highest BCUT2D eigenvalue weighted by molar-refractivity contribution is 5.82. The van der Waals surface area contributed by atoms with Gasteiger partial charge in [0.25, 0.3) is 5.56 Å². The molecule has 146 valence electrons. The van der Waals surface area contributed by atoms with E-state index in [4.69, 9.17) is 18.9 Å². The van der Waals surface area contributed by atoms with Gasteiger partial charge in [0.15, 0.2) is 11.5 Å². The second-order valence-corrected chi connectivity index (χ2v) is 6.01. The topological polar surface area (TPSA) is 71.8 Å². The van der Waals surface area contributed by atoms with E-state index in [2.05, 4.69) is 5.10 Å². The molecule has 0 radical (unpaired) electrons. The van der Waals surface area contributed by atoms with Gasteiger partial charge in [-0.15, -0.1) is 0 Å². The maximum Gasteiger partial charge on any atom is 0.267 e. The number of rotatable bonds is 6. The molecule has 28 heavy (non-hydrogen) atoms. The number of aromatic nitrogens is 2. The molecule has 3 aromatic rings. The third kappa shape index (κ3) is 3.51. The number of benzene rings is 2. The summed E-state index contributed by atoms with van der Waals surface area (Å²) in [6.07, 6.45) is 0. The van der Waals surface area contributed by atoms with Crippen LogP contribution in [-0.4, -0.2) is 38.2 Å².